The van der Waals surface area contributed by atoms with Crippen LogP contribution in [0.25, 0.3) is 11.0 Å². The van der Waals surface area contributed by atoms with Gasteiger partial charge in [0.15, 0.2) is 5.75 Å². The topological polar surface area (TPSA) is 84.4 Å². The number of rotatable bonds is 3. The first kappa shape index (κ1) is 18.7. The number of para-hydroxylation sites is 4. The third-order valence-electron chi connectivity index (χ3n) is 5.09. The molecule has 3 aromatic carbocycles. The first-order valence-corrected chi connectivity index (χ1v) is 9.90. The number of carbonyl (C=O) groups excluding carboxylic acids is 2. The number of ether oxygens (including phenoxy) is 1. The van der Waals surface area contributed by atoms with Crippen molar-refractivity contribution in [3.8, 4) is 11.5 Å². The highest BCUT2D eigenvalue weighted by Gasteiger charge is 2.27. The van der Waals surface area contributed by atoms with Crippen molar-refractivity contribution in [2.45, 2.75) is 6.92 Å². The quantitative estimate of drug-likeness (QED) is 0.531. The van der Waals surface area contributed by atoms with Crippen LogP contribution in [0.1, 0.15) is 27.8 Å². The molecule has 1 N–H and O–H groups in total. The molecule has 0 saturated heterocycles. The zero-order valence-electron chi connectivity index (χ0n) is 16.7. The molecule has 2 amide bonds. The second-order valence-electron chi connectivity index (χ2n) is 7.03. The molecule has 0 saturated carbocycles. The molecule has 31 heavy (non-hydrogen) atoms. The first-order valence-electron chi connectivity index (χ1n) is 9.90. The highest BCUT2D eigenvalue weighted by molar-refractivity contribution is 6.11. The van der Waals surface area contributed by atoms with Gasteiger partial charge >= 0.3 is 0 Å². The summed E-state index contributed by atoms with van der Waals surface area (Å²) in [6.45, 7) is 2.39. The summed E-state index contributed by atoms with van der Waals surface area (Å²) in [5.41, 5.74) is 3.10. The van der Waals surface area contributed by atoms with Gasteiger partial charge in [-0.05, 0) is 49.4 Å². The standard InChI is InChI=1S/C24H18N4O3/c1-2-28-20-9-5-6-10-22(20)31-21-12-11-15(13-16(21)24(28)30)26-23(29)19-14-25-17-7-3-4-8-18(17)27-19/h3-14H,2H2,1H3,(H,26,29). The Kier molecular flexibility index (Phi) is 4.55. The SMILES string of the molecule is CCN1C(=O)c2cc(NC(=O)c3cnc4ccccc4n3)ccc2Oc2ccccc21. The van der Waals surface area contributed by atoms with Crippen molar-refractivity contribution in [2.75, 3.05) is 16.8 Å². The molecule has 4 aromatic rings. The maximum atomic E-state index is 13.2. The fraction of sp³-hybridized carbons (Fsp3) is 0.0833. The Morgan fingerprint density at radius 1 is 1.00 bits per heavy atom. The van der Waals surface area contributed by atoms with Gasteiger partial charge in [-0.1, -0.05) is 24.3 Å². The zero-order valence-corrected chi connectivity index (χ0v) is 16.7. The van der Waals surface area contributed by atoms with Gasteiger partial charge < -0.3 is 15.0 Å². The van der Waals surface area contributed by atoms with Gasteiger partial charge in [0.25, 0.3) is 11.8 Å². The molecular weight excluding hydrogens is 392 g/mol. The van der Waals surface area contributed by atoms with Crippen molar-refractivity contribution in [1.82, 2.24) is 9.97 Å². The molecule has 1 aliphatic heterocycles. The van der Waals surface area contributed by atoms with Crippen molar-refractivity contribution in [1.29, 1.82) is 0 Å². The minimum absolute atomic E-state index is 0.191. The van der Waals surface area contributed by atoms with E-state index in [2.05, 4.69) is 15.3 Å². The summed E-state index contributed by atoms with van der Waals surface area (Å²) < 4.78 is 6.00. The highest BCUT2D eigenvalue weighted by atomic mass is 16.5. The minimum Gasteiger partial charge on any atom is -0.454 e. The fourth-order valence-electron chi connectivity index (χ4n) is 3.58. The van der Waals surface area contributed by atoms with E-state index in [4.69, 9.17) is 4.74 Å². The van der Waals surface area contributed by atoms with E-state index in [0.29, 0.717) is 46.0 Å². The van der Waals surface area contributed by atoms with E-state index in [0.717, 1.165) is 0 Å². The molecule has 152 valence electrons. The van der Waals surface area contributed by atoms with Crippen molar-refractivity contribution < 1.29 is 14.3 Å². The summed E-state index contributed by atoms with van der Waals surface area (Å²) in [7, 11) is 0. The van der Waals surface area contributed by atoms with E-state index in [-0.39, 0.29) is 11.6 Å². The second kappa shape index (κ2) is 7.53. The fourth-order valence-corrected chi connectivity index (χ4v) is 3.58. The Morgan fingerprint density at radius 3 is 2.61 bits per heavy atom. The number of hydrogen-bond acceptors (Lipinski definition) is 5. The summed E-state index contributed by atoms with van der Waals surface area (Å²) >= 11 is 0. The Hall–Kier alpha value is -4.26. The Labute approximate surface area is 178 Å². The average Bonchev–Trinajstić information content (AvgIpc) is 2.92. The lowest BCUT2D eigenvalue weighted by Crippen LogP contribution is -2.29. The van der Waals surface area contributed by atoms with Crippen LogP contribution in [-0.4, -0.2) is 28.3 Å². The number of anilines is 2. The van der Waals surface area contributed by atoms with Crippen LogP contribution in [-0.2, 0) is 0 Å². The lowest BCUT2D eigenvalue weighted by molar-refractivity contribution is 0.0985. The van der Waals surface area contributed by atoms with Gasteiger partial charge in [-0.3, -0.25) is 14.6 Å². The lowest BCUT2D eigenvalue weighted by Gasteiger charge is -2.19. The first-order chi connectivity index (χ1) is 15.1. The molecule has 0 unspecified atom stereocenters. The lowest BCUT2D eigenvalue weighted by atomic mass is 10.1. The van der Waals surface area contributed by atoms with Crippen LogP contribution in [0.15, 0.2) is 72.9 Å². The largest absolute Gasteiger partial charge is 0.454 e. The van der Waals surface area contributed by atoms with Gasteiger partial charge in [-0.25, -0.2) is 4.98 Å². The van der Waals surface area contributed by atoms with Gasteiger partial charge in [0, 0.05) is 12.2 Å². The predicted octanol–water partition coefficient (Wildman–Crippen LogP) is 4.65. The molecule has 1 aromatic heterocycles. The number of nitrogens with one attached hydrogen (secondary N) is 1. The van der Waals surface area contributed by atoms with Crippen LogP contribution in [0.2, 0.25) is 0 Å². The number of amides is 2. The minimum atomic E-state index is -0.407. The van der Waals surface area contributed by atoms with Crippen molar-refractivity contribution in [3.63, 3.8) is 0 Å². The molecule has 0 atom stereocenters. The van der Waals surface area contributed by atoms with Gasteiger partial charge in [-0.15, -0.1) is 0 Å². The molecule has 0 fully saturated rings. The number of nitrogens with zero attached hydrogens (tertiary/aromatic N) is 3. The molecule has 5 rings (SSSR count). The van der Waals surface area contributed by atoms with Crippen molar-refractivity contribution in [3.05, 3.63) is 84.2 Å². The van der Waals surface area contributed by atoms with Gasteiger partial charge in [0.1, 0.15) is 11.4 Å². The summed E-state index contributed by atoms with van der Waals surface area (Å²) in [4.78, 5) is 36.2. The molecule has 0 spiro atoms. The van der Waals surface area contributed by atoms with Crippen LogP contribution in [0.4, 0.5) is 11.4 Å². The smallest absolute Gasteiger partial charge is 0.275 e. The van der Waals surface area contributed by atoms with E-state index >= 15 is 0 Å². The van der Waals surface area contributed by atoms with Gasteiger partial charge in [0.2, 0.25) is 0 Å². The molecule has 1 aliphatic rings. The summed E-state index contributed by atoms with van der Waals surface area (Å²) in [5.74, 6) is 0.455. The third-order valence-corrected chi connectivity index (χ3v) is 5.09. The highest BCUT2D eigenvalue weighted by Crippen LogP contribution is 2.39. The summed E-state index contributed by atoms with van der Waals surface area (Å²) in [6, 6.07) is 19.8. The molecule has 2 heterocycles. The molecule has 0 aliphatic carbocycles. The molecule has 7 nitrogen and oxygen atoms in total. The van der Waals surface area contributed by atoms with Gasteiger partial charge in [0.05, 0.1) is 28.5 Å². The van der Waals surface area contributed by atoms with Crippen molar-refractivity contribution in [2.24, 2.45) is 0 Å². The predicted molar refractivity (Wildman–Crippen MR) is 118 cm³/mol. The van der Waals surface area contributed by atoms with E-state index in [9.17, 15) is 9.59 Å². The van der Waals surface area contributed by atoms with E-state index in [1.165, 1.54) is 6.20 Å². The number of benzene rings is 3. The van der Waals surface area contributed by atoms with E-state index in [1.807, 2.05) is 49.4 Å². The van der Waals surface area contributed by atoms with Crippen LogP contribution in [0, 0.1) is 0 Å². The van der Waals surface area contributed by atoms with Crippen LogP contribution in [0.3, 0.4) is 0 Å². The van der Waals surface area contributed by atoms with E-state index < -0.39 is 5.91 Å². The third kappa shape index (κ3) is 3.36. The maximum absolute atomic E-state index is 13.2. The maximum Gasteiger partial charge on any atom is 0.275 e. The molecular formula is C24H18N4O3. The number of fused-ring (bicyclic) bond motifs is 3. The number of hydrogen-bond donors (Lipinski definition) is 1. The Balaban J connectivity index is 1.46. The normalized spacial score (nSPS) is 12.5. The molecule has 7 heteroatoms. The number of carbonyl (C=O) groups is 2. The molecule has 0 radical (unpaired) electrons. The van der Waals surface area contributed by atoms with Gasteiger partial charge in [-0.2, -0.15) is 0 Å². The average molecular weight is 410 g/mol. The Bertz CT molecular complexity index is 1340. The van der Waals surface area contributed by atoms with Crippen LogP contribution >= 0.6 is 0 Å². The second-order valence-corrected chi connectivity index (χ2v) is 7.03. The zero-order chi connectivity index (χ0) is 21.4. The van der Waals surface area contributed by atoms with E-state index in [1.54, 1.807) is 29.2 Å². The van der Waals surface area contributed by atoms with Crippen molar-refractivity contribution >= 4 is 34.2 Å². The summed E-state index contributed by atoms with van der Waals surface area (Å²) in [5, 5.41) is 2.80. The van der Waals surface area contributed by atoms with Crippen LogP contribution in [0.5, 0.6) is 11.5 Å². The Morgan fingerprint density at radius 2 is 1.77 bits per heavy atom. The monoisotopic (exact) mass is 410 g/mol. The molecule has 0 bridgehead atoms. The number of aromatic nitrogens is 2. The van der Waals surface area contributed by atoms with Crippen LogP contribution < -0.4 is 15.0 Å². The summed E-state index contributed by atoms with van der Waals surface area (Å²) in [6.07, 6.45) is 1.44.